The second kappa shape index (κ2) is 8.68. The fourth-order valence-electron chi connectivity index (χ4n) is 2.66. The number of carbonyl (C=O) groups is 2. The van der Waals surface area contributed by atoms with Crippen molar-refractivity contribution >= 4 is 11.9 Å². The molecule has 0 fully saturated rings. The van der Waals surface area contributed by atoms with Gasteiger partial charge in [-0.1, -0.05) is 48.5 Å². The lowest BCUT2D eigenvalue weighted by Crippen LogP contribution is -2.45. The van der Waals surface area contributed by atoms with Crippen LogP contribution in [0.1, 0.15) is 22.8 Å². The van der Waals surface area contributed by atoms with E-state index in [1.54, 1.807) is 30.3 Å². The fraction of sp³-hybridized carbons (Fsp3) is 0.263. The molecule has 0 aliphatic rings. The molecule has 0 spiro atoms. The predicted molar refractivity (Wildman–Crippen MR) is 90.9 cm³/mol. The molecule has 0 saturated heterocycles. The quantitative estimate of drug-likeness (QED) is 0.772. The molecule has 0 aromatic heterocycles. The summed E-state index contributed by atoms with van der Waals surface area (Å²) in [5.74, 6) is -2.19. The average Bonchev–Trinajstić information content (AvgIpc) is 2.62. The molecule has 8 heteroatoms. The maximum atomic E-state index is 13.1. The Balaban J connectivity index is 2.22. The molecule has 27 heavy (non-hydrogen) atoms. The largest absolute Gasteiger partial charge is 0.480 e. The number of rotatable bonds is 7. The van der Waals surface area contributed by atoms with Gasteiger partial charge in [-0.3, -0.25) is 4.79 Å². The minimum atomic E-state index is -4.62. The van der Waals surface area contributed by atoms with E-state index in [1.807, 2.05) is 0 Å². The van der Waals surface area contributed by atoms with Crippen LogP contribution in [0.5, 0.6) is 0 Å². The number of halogens is 3. The third kappa shape index (κ3) is 5.30. The van der Waals surface area contributed by atoms with Gasteiger partial charge in [-0.05, 0) is 17.2 Å². The van der Waals surface area contributed by atoms with E-state index in [9.17, 15) is 27.9 Å². The lowest BCUT2D eigenvalue weighted by atomic mass is 9.99. The minimum absolute atomic E-state index is 0.216. The monoisotopic (exact) mass is 381 g/mol. The lowest BCUT2D eigenvalue weighted by Gasteiger charge is -2.21. The maximum Gasteiger partial charge on any atom is 0.416 e. The number of carboxylic acids is 1. The van der Waals surface area contributed by atoms with E-state index in [1.165, 1.54) is 25.3 Å². The van der Waals surface area contributed by atoms with Crippen LogP contribution >= 0.6 is 0 Å². The summed E-state index contributed by atoms with van der Waals surface area (Å²) in [6.07, 6.45) is -6.21. The molecule has 2 rings (SSSR count). The summed E-state index contributed by atoms with van der Waals surface area (Å²) in [7, 11) is 1.28. The summed E-state index contributed by atoms with van der Waals surface area (Å²) in [6, 6.07) is 11.5. The summed E-state index contributed by atoms with van der Waals surface area (Å²) in [5, 5.41) is 11.6. The molecule has 2 atom stereocenters. The highest BCUT2D eigenvalue weighted by atomic mass is 19.4. The molecule has 144 valence electrons. The molecular weight excluding hydrogens is 363 g/mol. The summed E-state index contributed by atoms with van der Waals surface area (Å²) in [4.78, 5) is 24.0. The summed E-state index contributed by atoms with van der Waals surface area (Å²) in [5.41, 5.74) is -0.652. The zero-order valence-corrected chi connectivity index (χ0v) is 14.4. The zero-order chi connectivity index (χ0) is 20.0. The summed E-state index contributed by atoms with van der Waals surface area (Å²) < 4.78 is 44.5. The topological polar surface area (TPSA) is 75.6 Å². The van der Waals surface area contributed by atoms with E-state index in [4.69, 9.17) is 4.74 Å². The standard InChI is InChI=1S/C19H18F3NO4/c1-27-16(12-7-3-2-4-8-12)17(24)23-15(18(25)26)11-13-9-5-6-10-14(13)19(20,21)22/h2-10,15-16H,11H2,1H3,(H,23,24)(H,25,26)/t15-,16-/m0/s1. The van der Waals surface area contributed by atoms with Gasteiger partial charge in [0, 0.05) is 13.5 Å². The molecule has 1 amide bonds. The van der Waals surface area contributed by atoms with Crippen LogP contribution < -0.4 is 5.32 Å². The van der Waals surface area contributed by atoms with Crippen molar-refractivity contribution in [2.45, 2.75) is 24.7 Å². The first-order chi connectivity index (χ1) is 12.7. The Labute approximate surface area is 153 Å². The predicted octanol–water partition coefficient (Wildman–Crippen LogP) is 3.21. The number of nitrogens with one attached hydrogen (secondary N) is 1. The number of alkyl halides is 3. The Morgan fingerprint density at radius 2 is 1.67 bits per heavy atom. The first-order valence-corrected chi connectivity index (χ1v) is 8.00. The van der Waals surface area contributed by atoms with Gasteiger partial charge in [0.05, 0.1) is 5.56 Å². The smallest absolute Gasteiger partial charge is 0.416 e. The number of aliphatic carboxylic acids is 1. The molecule has 0 aliphatic carbocycles. The Bertz CT molecular complexity index is 793. The fourth-order valence-corrected chi connectivity index (χ4v) is 2.66. The van der Waals surface area contributed by atoms with E-state index < -0.39 is 42.2 Å². The Morgan fingerprint density at radius 1 is 1.07 bits per heavy atom. The number of hydrogen-bond acceptors (Lipinski definition) is 3. The van der Waals surface area contributed by atoms with Crippen molar-refractivity contribution in [3.05, 3.63) is 71.3 Å². The molecule has 0 aliphatic heterocycles. The maximum absolute atomic E-state index is 13.1. The molecule has 0 radical (unpaired) electrons. The number of ether oxygens (including phenoxy) is 1. The van der Waals surface area contributed by atoms with Crippen molar-refractivity contribution in [3.8, 4) is 0 Å². The Kier molecular flexibility index (Phi) is 6.57. The van der Waals surface area contributed by atoms with Crippen LogP contribution in [0, 0.1) is 0 Å². The van der Waals surface area contributed by atoms with Crippen molar-refractivity contribution in [2.75, 3.05) is 7.11 Å². The molecule has 2 aromatic rings. The first kappa shape index (κ1) is 20.4. The molecule has 0 bridgehead atoms. The summed E-state index contributed by atoms with van der Waals surface area (Å²) in [6.45, 7) is 0. The molecule has 2 aromatic carbocycles. The van der Waals surface area contributed by atoms with Crippen LogP contribution in [0.15, 0.2) is 54.6 Å². The average molecular weight is 381 g/mol. The van der Waals surface area contributed by atoms with Crippen molar-refractivity contribution in [3.63, 3.8) is 0 Å². The van der Waals surface area contributed by atoms with Crippen LogP contribution in [-0.4, -0.2) is 30.1 Å². The van der Waals surface area contributed by atoms with Gasteiger partial charge in [0.25, 0.3) is 5.91 Å². The van der Waals surface area contributed by atoms with Gasteiger partial charge in [-0.25, -0.2) is 4.79 Å². The molecule has 0 saturated carbocycles. The van der Waals surface area contributed by atoms with Crippen LogP contribution in [-0.2, 0) is 26.9 Å². The van der Waals surface area contributed by atoms with Crippen LogP contribution in [0.25, 0.3) is 0 Å². The van der Waals surface area contributed by atoms with E-state index in [-0.39, 0.29) is 5.56 Å². The van der Waals surface area contributed by atoms with Gasteiger partial charge in [0.15, 0.2) is 6.10 Å². The Hall–Kier alpha value is -2.87. The number of amides is 1. The normalized spacial score (nSPS) is 13.6. The van der Waals surface area contributed by atoms with E-state index in [0.29, 0.717) is 5.56 Å². The highest BCUT2D eigenvalue weighted by molar-refractivity contribution is 5.87. The molecular formula is C19H18F3NO4. The van der Waals surface area contributed by atoms with Crippen molar-refractivity contribution in [2.24, 2.45) is 0 Å². The van der Waals surface area contributed by atoms with E-state index in [0.717, 1.165) is 6.07 Å². The lowest BCUT2D eigenvalue weighted by molar-refractivity contribution is -0.144. The first-order valence-electron chi connectivity index (χ1n) is 8.00. The van der Waals surface area contributed by atoms with E-state index >= 15 is 0 Å². The van der Waals surface area contributed by atoms with Gasteiger partial charge in [0.1, 0.15) is 6.04 Å². The molecule has 5 nitrogen and oxygen atoms in total. The third-order valence-electron chi connectivity index (χ3n) is 3.94. The van der Waals surface area contributed by atoms with E-state index in [2.05, 4.69) is 5.32 Å². The molecule has 0 unspecified atom stereocenters. The Morgan fingerprint density at radius 3 is 2.22 bits per heavy atom. The third-order valence-corrected chi connectivity index (χ3v) is 3.94. The highest BCUT2D eigenvalue weighted by Gasteiger charge is 2.35. The van der Waals surface area contributed by atoms with Gasteiger partial charge in [-0.15, -0.1) is 0 Å². The van der Waals surface area contributed by atoms with Gasteiger partial charge in [0.2, 0.25) is 0 Å². The minimum Gasteiger partial charge on any atom is -0.480 e. The van der Waals surface area contributed by atoms with Crippen molar-refractivity contribution in [1.82, 2.24) is 5.32 Å². The highest BCUT2D eigenvalue weighted by Crippen LogP contribution is 2.32. The van der Waals surface area contributed by atoms with Crippen LogP contribution in [0.3, 0.4) is 0 Å². The molecule has 2 N–H and O–H groups in total. The second-order valence-corrected chi connectivity index (χ2v) is 5.78. The van der Waals surface area contributed by atoms with Gasteiger partial charge < -0.3 is 15.2 Å². The van der Waals surface area contributed by atoms with Gasteiger partial charge in [-0.2, -0.15) is 13.2 Å². The summed E-state index contributed by atoms with van der Waals surface area (Å²) >= 11 is 0. The zero-order valence-electron chi connectivity index (χ0n) is 14.4. The van der Waals surface area contributed by atoms with Crippen LogP contribution in [0.4, 0.5) is 13.2 Å². The SMILES string of the molecule is CO[C@H](C(=O)N[C@@H](Cc1ccccc1C(F)(F)F)C(=O)O)c1ccccc1. The number of carboxylic acid groups (broad SMARTS) is 1. The number of hydrogen-bond donors (Lipinski definition) is 2. The number of benzene rings is 2. The van der Waals surface area contributed by atoms with Crippen molar-refractivity contribution < 1.29 is 32.6 Å². The number of carbonyl (C=O) groups excluding carboxylic acids is 1. The number of methoxy groups -OCH3 is 1. The second-order valence-electron chi connectivity index (χ2n) is 5.78. The van der Waals surface area contributed by atoms with Crippen LogP contribution in [0.2, 0.25) is 0 Å². The molecule has 0 heterocycles. The van der Waals surface area contributed by atoms with Crippen molar-refractivity contribution in [1.29, 1.82) is 0 Å². The van der Waals surface area contributed by atoms with Gasteiger partial charge >= 0.3 is 12.1 Å².